The molecule has 0 radical (unpaired) electrons. The Kier molecular flexibility index (Phi) is 4.60. The number of methoxy groups -OCH3 is 1. The summed E-state index contributed by atoms with van der Waals surface area (Å²) in [7, 11) is 1.63. The van der Waals surface area contributed by atoms with E-state index in [1.807, 2.05) is 24.3 Å². The number of nitrogens with one attached hydrogen (secondary N) is 1. The molecule has 0 saturated heterocycles. The molecule has 0 aliphatic heterocycles. The van der Waals surface area contributed by atoms with E-state index in [-0.39, 0.29) is 5.91 Å². The second kappa shape index (κ2) is 6.22. The molecule has 1 fully saturated rings. The highest BCUT2D eigenvalue weighted by Crippen LogP contribution is 2.38. The van der Waals surface area contributed by atoms with Gasteiger partial charge in [0.25, 0.3) is 0 Å². The van der Waals surface area contributed by atoms with Crippen LogP contribution in [0.25, 0.3) is 0 Å². The standard InChI is InChI=1S/C15H20N2O2S/c1-19-12-6-4-11(5-7-12)10-17-14(18)15(13(16)20)8-2-3-9-15/h4-7H,2-3,8-10H2,1H3,(H2,16,20)(H,17,18). The first-order valence-corrected chi connectivity index (χ1v) is 7.20. The third-order valence-corrected chi connectivity index (χ3v) is 4.37. The van der Waals surface area contributed by atoms with E-state index in [1.54, 1.807) is 7.11 Å². The largest absolute Gasteiger partial charge is 0.497 e. The molecule has 0 atom stereocenters. The average molecular weight is 292 g/mol. The van der Waals surface area contributed by atoms with Crippen molar-refractivity contribution in [2.24, 2.45) is 11.1 Å². The van der Waals surface area contributed by atoms with E-state index in [2.05, 4.69) is 5.32 Å². The van der Waals surface area contributed by atoms with Crippen LogP contribution in [0, 0.1) is 5.41 Å². The molecule has 0 unspecified atom stereocenters. The van der Waals surface area contributed by atoms with Crippen molar-refractivity contribution < 1.29 is 9.53 Å². The maximum absolute atomic E-state index is 12.4. The quantitative estimate of drug-likeness (QED) is 0.816. The molecular weight excluding hydrogens is 272 g/mol. The Bertz CT molecular complexity index is 493. The number of hydrogen-bond donors (Lipinski definition) is 2. The lowest BCUT2D eigenvalue weighted by Crippen LogP contribution is -2.46. The summed E-state index contributed by atoms with van der Waals surface area (Å²) in [5.41, 5.74) is 6.18. The van der Waals surface area contributed by atoms with Gasteiger partial charge in [-0.3, -0.25) is 4.79 Å². The van der Waals surface area contributed by atoms with Crippen LogP contribution in [0.15, 0.2) is 24.3 Å². The molecule has 0 aromatic heterocycles. The number of carbonyl (C=O) groups is 1. The number of benzene rings is 1. The van der Waals surface area contributed by atoms with E-state index in [9.17, 15) is 4.79 Å². The lowest BCUT2D eigenvalue weighted by atomic mass is 9.85. The fourth-order valence-electron chi connectivity index (χ4n) is 2.66. The first kappa shape index (κ1) is 14.8. The molecule has 108 valence electrons. The van der Waals surface area contributed by atoms with Gasteiger partial charge in [0.2, 0.25) is 5.91 Å². The first-order chi connectivity index (χ1) is 9.58. The van der Waals surface area contributed by atoms with Gasteiger partial charge in [0.15, 0.2) is 0 Å². The van der Waals surface area contributed by atoms with E-state index >= 15 is 0 Å². The molecule has 1 aromatic carbocycles. The SMILES string of the molecule is COc1ccc(CNC(=O)C2(C(N)=S)CCCC2)cc1. The average Bonchev–Trinajstić information content (AvgIpc) is 2.96. The van der Waals surface area contributed by atoms with Gasteiger partial charge >= 0.3 is 0 Å². The Hall–Kier alpha value is -1.62. The minimum atomic E-state index is -0.637. The zero-order valence-corrected chi connectivity index (χ0v) is 12.5. The highest BCUT2D eigenvalue weighted by molar-refractivity contribution is 7.80. The van der Waals surface area contributed by atoms with Crippen LogP contribution in [0.2, 0.25) is 0 Å². The molecular formula is C15H20N2O2S. The van der Waals surface area contributed by atoms with E-state index in [0.717, 1.165) is 37.0 Å². The minimum Gasteiger partial charge on any atom is -0.497 e. The zero-order valence-electron chi connectivity index (χ0n) is 11.6. The van der Waals surface area contributed by atoms with Crippen molar-refractivity contribution in [3.8, 4) is 5.75 Å². The second-order valence-electron chi connectivity index (χ2n) is 5.18. The number of ether oxygens (including phenoxy) is 1. The molecule has 1 aliphatic rings. The van der Waals surface area contributed by atoms with Gasteiger partial charge in [-0.2, -0.15) is 0 Å². The molecule has 3 N–H and O–H groups in total. The van der Waals surface area contributed by atoms with Crippen molar-refractivity contribution in [2.75, 3.05) is 7.11 Å². The minimum absolute atomic E-state index is 0.0432. The highest BCUT2D eigenvalue weighted by atomic mass is 32.1. The summed E-state index contributed by atoms with van der Waals surface area (Å²) in [6.45, 7) is 0.479. The van der Waals surface area contributed by atoms with Crippen molar-refractivity contribution >= 4 is 23.1 Å². The Morgan fingerprint density at radius 2 is 1.95 bits per heavy atom. The monoisotopic (exact) mass is 292 g/mol. The molecule has 1 aliphatic carbocycles. The van der Waals surface area contributed by atoms with Gasteiger partial charge in [0.1, 0.15) is 5.75 Å². The number of hydrogen-bond acceptors (Lipinski definition) is 3. The van der Waals surface area contributed by atoms with Crippen molar-refractivity contribution in [2.45, 2.75) is 32.2 Å². The van der Waals surface area contributed by atoms with Crippen LogP contribution in [0.4, 0.5) is 0 Å². The predicted octanol–water partition coefficient (Wildman–Crippen LogP) is 2.16. The molecule has 1 aromatic rings. The van der Waals surface area contributed by atoms with Crippen LogP contribution in [0.3, 0.4) is 0 Å². The topological polar surface area (TPSA) is 64.3 Å². The Morgan fingerprint density at radius 1 is 1.35 bits per heavy atom. The van der Waals surface area contributed by atoms with Crippen LogP contribution >= 0.6 is 12.2 Å². The zero-order chi connectivity index (χ0) is 14.6. The fourth-order valence-corrected chi connectivity index (χ4v) is 2.96. The molecule has 4 nitrogen and oxygen atoms in total. The van der Waals surface area contributed by atoms with Gasteiger partial charge in [-0.05, 0) is 30.5 Å². The van der Waals surface area contributed by atoms with E-state index in [1.165, 1.54) is 0 Å². The second-order valence-corrected chi connectivity index (χ2v) is 5.62. The summed E-state index contributed by atoms with van der Waals surface area (Å²) in [6, 6.07) is 7.61. The summed E-state index contributed by atoms with van der Waals surface area (Å²) in [4.78, 5) is 12.7. The maximum atomic E-state index is 12.4. The van der Waals surface area contributed by atoms with Gasteiger partial charge < -0.3 is 15.8 Å². The summed E-state index contributed by atoms with van der Waals surface area (Å²) in [5.74, 6) is 0.758. The van der Waals surface area contributed by atoms with Crippen molar-refractivity contribution in [3.05, 3.63) is 29.8 Å². The van der Waals surface area contributed by atoms with Gasteiger partial charge in [0.05, 0.1) is 17.5 Å². The Morgan fingerprint density at radius 3 is 2.45 bits per heavy atom. The smallest absolute Gasteiger partial charge is 0.233 e. The first-order valence-electron chi connectivity index (χ1n) is 6.79. The Balaban J connectivity index is 1.98. The third kappa shape index (κ3) is 2.93. The van der Waals surface area contributed by atoms with Crippen LogP contribution in [0.1, 0.15) is 31.2 Å². The summed E-state index contributed by atoms with van der Waals surface area (Å²) in [5, 5.41) is 2.95. The van der Waals surface area contributed by atoms with Gasteiger partial charge in [-0.15, -0.1) is 0 Å². The van der Waals surface area contributed by atoms with E-state index in [0.29, 0.717) is 11.5 Å². The highest BCUT2D eigenvalue weighted by Gasteiger charge is 2.43. The van der Waals surface area contributed by atoms with Crippen LogP contribution < -0.4 is 15.8 Å². The lowest BCUT2D eigenvalue weighted by Gasteiger charge is -2.26. The van der Waals surface area contributed by atoms with Crippen molar-refractivity contribution in [3.63, 3.8) is 0 Å². The molecule has 0 bridgehead atoms. The summed E-state index contributed by atoms with van der Waals surface area (Å²) >= 11 is 5.11. The maximum Gasteiger partial charge on any atom is 0.233 e. The van der Waals surface area contributed by atoms with E-state index < -0.39 is 5.41 Å². The lowest BCUT2D eigenvalue weighted by molar-refractivity contribution is -0.127. The molecule has 0 spiro atoms. The molecule has 2 rings (SSSR count). The van der Waals surface area contributed by atoms with Gasteiger partial charge in [-0.1, -0.05) is 37.2 Å². The fraction of sp³-hybridized carbons (Fsp3) is 0.467. The van der Waals surface area contributed by atoms with Gasteiger partial charge in [-0.25, -0.2) is 0 Å². The van der Waals surface area contributed by atoms with Crippen LogP contribution in [-0.2, 0) is 11.3 Å². The van der Waals surface area contributed by atoms with Crippen molar-refractivity contribution in [1.29, 1.82) is 0 Å². The number of carbonyl (C=O) groups excluding carboxylic acids is 1. The number of nitrogens with two attached hydrogens (primary N) is 1. The normalized spacial score (nSPS) is 16.6. The molecule has 1 amide bonds. The molecule has 1 saturated carbocycles. The number of rotatable bonds is 5. The molecule has 5 heteroatoms. The Labute approximate surface area is 124 Å². The van der Waals surface area contributed by atoms with Crippen LogP contribution in [0.5, 0.6) is 5.75 Å². The van der Waals surface area contributed by atoms with Gasteiger partial charge in [0, 0.05) is 6.54 Å². The summed E-state index contributed by atoms with van der Waals surface area (Å²) < 4.78 is 5.10. The molecule has 0 heterocycles. The summed E-state index contributed by atoms with van der Waals surface area (Å²) in [6.07, 6.45) is 3.54. The molecule has 20 heavy (non-hydrogen) atoms. The number of amides is 1. The van der Waals surface area contributed by atoms with Crippen molar-refractivity contribution in [1.82, 2.24) is 5.32 Å². The predicted molar refractivity (Wildman–Crippen MR) is 82.5 cm³/mol. The van der Waals surface area contributed by atoms with E-state index in [4.69, 9.17) is 22.7 Å². The number of thiocarbonyl (C=S) groups is 1. The van der Waals surface area contributed by atoms with Crippen LogP contribution in [-0.4, -0.2) is 18.0 Å². The third-order valence-electron chi connectivity index (χ3n) is 3.98.